The van der Waals surface area contributed by atoms with Gasteiger partial charge >= 0.3 is 0 Å². The summed E-state index contributed by atoms with van der Waals surface area (Å²) in [5.74, 6) is 0.690. The van der Waals surface area contributed by atoms with E-state index in [1.54, 1.807) is 19.2 Å². The summed E-state index contributed by atoms with van der Waals surface area (Å²) in [4.78, 5) is 6.58. The van der Waals surface area contributed by atoms with Gasteiger partial charge in [-0.2, -0.15) is 0 Å². The van der Waals surface area contributed by atoms with E-state index in [1.807, 2.05) is 6.92 Å². The molecule has 4 nitrogen and oxygen atoms in total. The molecule has 0 amide bonds. The maximum atomic E-state index is 12.9. The Kier molecular flexibility index (Phi) is 5.99. The van der Waals surface area contributed by atoms with Gasteiger partial charge in [-0.3, -0.25) is 4.99 Å². The van der Waals surface area contributed by atoms with Crippen molar-refractivity contribution < 1.29 is 9.13 Å². The van der Waals surface area contributed by atoms with Crippen LogP contribution < -0.4 is 5.32 Å². The van der Waals surface area contributed by atoms with Gasteiger partial charge in [0.25, 0.3) is 0 Å². The number of nitrogens with zero attached hydrogens (tertiary/aromatic N) is 2. The van der Waals surface area contributed by atoms with Crippen LogP contribution >= 0.6 is 0 Å². The number of nitrogens with one attached hydrogen (secondary N) is 1. The first-order chi connectivity index (χ1) is 10.2. The average molecular weight is 293 g/mol. The van der Waals surface area contributed by atoms with E-state index in [9.17, 15) is 4.39 Å². The van der Waals surface area contributed by atoms with Gasteiger partial charge in [0.15, 0.2) is 5.96 Å². The summed E-state index contributed by atoms with van der Waals surface area (Å²) in [5.41, 5.74) is 1.04. The van der Waals surface area contributed by atoms with Crippen molar-refractivity contribution in [3.63, 3.8) is 0 Å². The predicted molar refractivity (Wildman–Crippen MR) is 82.8 cm³/mol. The molecule has 0 unspecified atom stereocenters. The second-order valence-electron chi connectivity index (χ2n) is 5.17. The van der Waals surface area contributed by atoms with Crippen LogP contribution in [-0.4, -0.2) is 43.7 Å². The standard InChI is InChI=1S/C16H24FN3O/c1-3-21-15-8-10-20(11-9-15)16(18-2)19-12-13-4-6-14(17)7-5-13/h4-7,15H,3,8-12H2,1-2H3,(H,18,19). The summed E-state index contributed by atoms with van der Waals surface area (Å²) >= 11 is 0. The maximum Gasteiger partial charge on any atom is 0.193 e. The molecule has 116 valence electrons. The van der Waals surface area contributed by atoms with Gasteiger partial charge in [0.2, 0.25) is 0 Å². The molecule has 0 bridgehead atoms. The summed E-state index contributed by atoms with van der Waals surface area (Å²) in [6.45, 7) is 5.37. The second-order valence-corrected chi connectivity index (χ2v) is 5.17. The van der Waals surface area contributed by atoms with Crippen molar-refractivity contribution in [2.45, 2.75) is 32.4 Å². The van der Waals surface area contributed by atoms with Gasteiger partial charge in [0.1, 0.15) is 5.82 Å². The fourth-order valence-electron chi connectivity index (χ4n) is 2.59. The first-order valence-electron chi connectivity index (χ1n) is 7.54. The first-order valence-corrected chi connectivity index (χ1v) is 7.54. The summed E-state index contributed by atoms with van der Waals surface area (Å²) in [7, 11) is 1.79. The fourth-order valence-corrected chi connectivity index (χ4v) is 2.59. The molecule has 1 aromatic rings. The molecule has 1 N–H and O–H groups in total. The molecule has 0 saturated carbocycles. The maximum absolute atomic E-state index is 12.9. The van der Waals surface area contributed by atoms with E-state index in [1.165, 1.54) is 12.1 Å². The zero-order chi connectivity index (χ0) is 15.1. The average Bonchev–Trinajstić information content (AvgIpc) is 2.51. The Morgan fingerprint density at radius 1 is 1.33 bits per heavy atom. The van der Waals surface area contributed by atoms with Crippen molar-refractivity contribution in [3.05, 3.63) is 35.6 Å². The summed E-state index contributed by atoms with van der Waals surface area (Å²) in [6.07, 6.45) is 2.44. The number of halogens is 1. The zero-order valence-corrected chi connectivity index (χ0v) is 12.8. The smallest absolute Gasteiger partial charge is 0.193 e. The van der Waals surface area contributed by atoms with E-state index in [2.05, 4.69) is 15.2 Å². The molecule has 1 aromatic carbocycles. The molecule has 1 aliphatic heterocycles. The number of hydrogen-bond donors (Lipinski definition) is 1. The Hall–Kier alpha value is -1.62. The van der Waals surface area contributed by atoms with Gasteiger partial charge in [-0.1, -0.05) is 12.1 Å². The quantitative estimate of drug-likeness (QED) is 0.684. The molecular weight excluding hydrogens is 269 g/mol. The van der Waals surface area contributed by atoms with Crippen LogP contribution in [0.3, 0.4) is 0 Å². The van der Waals surface area contributed by atoms with Gasteiger partial charge in [-0.25, -0.2) is 4.39 Å². The Labute approximate surface area is 126 Å². The number of piperidine rings is 1. The molecule has 21 heavy (non-hydrogen) atoms. The van der Waals surface area contributed by atoms with Crippen LogP contribution in [0.5, 0.6) is 0 Å². The predicted octanol–water partition coefficient (Wildman–Crippen LogP) is 2.40. The van der Waals surface area contributed by atoms with Gasteiger partial charge in [0.05, 0.1) is 6.10 Å². The number of guanidine groups is 1. The number of likely N-dealkylation sites (tertiary alicyclic amines) is 1. The molecule has 0 aromatic heterocycles. The van der Waals surface area contributed by atoms with Gasteiger partial charge < -0.3 is 15.0 Å². The Morgan fingerprint density at radius 2 is 2.00 bits per heavy atom. The lowest BCUT2D eigenvalue weighted by molar-refractivity contribution is 0.0263. The second kappa shape index (κ2) is 7.98. The molecule has 0 spiro atoms. The summed E-state index contributed by atoms with van der Waals surface area (Å²) in [5, 5.41) is 3.33. The minimum atomic E-state index is -0.207. The fraction of sp³-hybridized carbons (Fsp3) is 0.562. The minimum Gasteiger partial charge on any atom is -0.378 e. The van der Waals surface area contributed by atoms with E-state index in [0.717, 1.165) is 44.1 Å². The topological polar surface area (TPSA) is 36.9 Å². The van der Waals surface area contributed by atoms with Crippen LogP contribution in [-0.2, 0) is 11.3 Å². The Bertz CT molecular complexity index is 453. The summed E-state index contributed by atoms with van der Waals surface area (Å²) < 4.78 is 18.5. The van der Waals surface area contributed by atoms with Crippen LogP contribution in [0.4, 0.5) is 4.39 Å². The van der Waals surface area contributed by atoms with Crippen LogP contribution in [0.15, 0.2) is 29.3 Å². The van der Waals surface area contributed by atoms with E-state index < -0.39 is 0 Å². The summed E-state index contributed by atoms with van der Waals surface area (Å²) in [6, 6.07) is 6.54. The highest BCUT2D eigenvalue weighted by Crippen LogP contribution is 2.13. The first kappa shape index (κ1) is 15.8. The number of ether oxygens (including phenoxy) is 1. The Balaban J connectivity index is 1.82. The lowest BCUT2D eigenvalue weighted by Gasteiger charge is -2.34. The van der Waals surface area contributed by atoms with Gasteiger partial charge in [0, 0.05) is 33.3 Å². The Morgan fingerprint density at radius 3 is 2.57 bits per heavy atom. The number of hydrogen-bond acceptors (Lipinski definition) is 2. The number of rotatable bonds is 4. The molecule has 1 saturated heterocycles. The number of benzene rings is 1. The molecule has 5 heteroatoms. The molecule has 1 heterocycles. The molecular formula is C16H24FN3O. The van der Waals surface area contributed by atoms with Gasteiger partial charge in [-0.15, -0.1) is 0 Å². The third-order valence-corrected chi connectivity index (χ3v) is 3.72. The van der Waals surface area contributed by atoms with Crippen molar-refractivity contribution in [1.29, 1.82) is 0 Å². The highest BCUT2D eigenvalue weighted by atomic mass is 19.1. The van der Waals surface area contributed by atoms with Crippen molar-refractivity contribution >= 4 is 5.96 Å². The minimum absolute atomic E-state index is 0.207. The van der Waals surface area contributed by atoms with Gasteiger partial charge in [-0.05, 0) is 37.5 Å². The normalized spacial score (nSPS) is 17.1. The van der Waals surface area contributed by atoms with Crippen molar-refractivity contribution in [3.8, 4) is 0 Å². The van der Waals surface area contributed by atoms with Crippen LogP contribution in [0, 0.1) is 5.82 Å². The van der Waals surface area contributed by atoms with E-state index in [4.69, 9.17) is 4.74 Å². The third kappa shape index (κ3) is 4.70. The molecule has 0 aliphatic carbocycles. The van der Waals surface area contributed by atoms with Crippen molar-refractivity contribution in [2.75, 3.05) is 26.7 Å². The van der Waals surface area contributed by atoms with Crippen LogP contribution in [0.1, 0.15) is 25.3 Å². The highest BCUT2D eigenvalue weighted by Gasteiger charge is 2.21. The molecule has 2 rings (SSSR count). The molecule has 0 atom stereocenters. The lowest BCUT2D eigenvalue weighted by atomic mass is 10.1. The van der Waals surface area contributed by atoms with Crippen LogP contribution in [0.25, 0.3) is 0 Å². The van der Waals surface area contributed by atoms with E-state index >= 15 is 0 Å². The number of aliphatic imine (C=N–C) groups is 1. The monoisotopic (exact) mass is 293 g/mol. The van der Waals surface area contributed by atoms with Crippen LogP contribution in [0.2, 0.25) is 0 Å². The van der Waals surface area contributed by atoms with Crippen molar-refractivity contribution in [2.24, 2.45) is 4.99 Å². The largest absolute Gasteiger partial charge is 0.378 e. The van der Waals surface area contributed by atoms with E-state index in [0.29, 0.717) is 12.6 Å². The molecule has 1 aliphatic rings. The highest BCUT2D eigenvalue weighted by molar-refractivity contribution is 5.79. The SMILES string of the molecule is CCOC1CCN(C(=NC)NCc2ccc(F)cc2)CC1. The zero-order valence-electron chi connectivity index (χ0n) is 12.8. The van der Waals surface area contributed by atoms with Crippen molar-refractivity contribution in [1.82, 2.24) is 10.2 Å². The van der Waals surface area contributed by atoms with E-state index in [-0.39, 0.29) is 5.82 Å². The third-order valence-electron chi connectivity index (χ3n) is 3.72. The molecule has 0 radical (unpaired) electrons. The molecule has 1 fully saturated rings. The lowest BCUT2D eigenvalue weighted by Crippen LogP contribution is -2.46.